The van der Waals surface area contributed by atoms with Crippen LogP contribution >= 0.6 is 0 Å². The summed E-state index contributed by atoms with van der Waals surface area (Å²) in [6.45, 7) is 5.60. The summed E-state index contributed by atoms with van der Waals surface area (Å²) in [6, 6.07) is 2.46. The first-order valence-corrected chi connectivity index (χ1v) is 13.8. The number of aromatic nitrogens is 5. The van der Waals surface area contributed by atoms with Gasteiger partial charge in [0, 0.05) is 31.7 Å². The molecule has 0 atom stereocenters. The lowest BCUT2D eigenvalue weighted by molar-refractivity contribution is -0.142. The van der Waals surface area contributed by atoms with E-state index in [9.17, 15) is 9.90 Å². The van der Waals surface area contributed by atoms with Crippen LogP contribution in [0.1, 0.15) is 63.5 Å². The smallest absolute Gasteiger partial charge is 0.306 e. The number of anilines is 3. The molecule has 0 unspecified atom stereocenters. The minimum atomic E-state index is -0.730. The fourth-order valence-electron chi connectivity index (χ4n) is 5.06. The Morgan fingerprint density at radius 1 is 1.05 bits per heavy atom. The molecular formula is C25H42N10O2. The van der Waals surface area contributed by atoms with E-state index in [2.05, 4.69) is 41.1 Å². The van der Waals surface area contributed by atoms with Crippen molar-refractivity contribution in [3.05, 3.63) is 18.0 Å². The molecule has 1 aliphatic carbocycles. The molecule has 12 heteroatoms. The Morgan fingerprint density at radius 2 is 1.84 bits per heavy atom. The second-order valence-electron chi connectivity index (χ2n) is 10.1. The first-order valence-electron chi connectivity index (χ1n) is 13.8. The Morgan fingerprint density at radius 3 is 2.62 bits per heavy atom. The van der Waals surface area contributed by atoms with Crippen LogP contribution in [0.25, 0.3) is 0 Å². The van der Waals surface area contributed by atoms with Gasteiger partial charge in [-0.25, -0.2) is 0 Å². The van der Waals surface area contributed by atoms with Crippen molar-refractivity contribution in [1.82, 2.24) is 35.6 Å². The number of piperidine rings is 1. The Kier molecular flexibility index (Phi) is 10.3. The minimum Gasteiger partial charge on any atom is -0.481 e. The number of hydrogen-bond acceptors (Lipinski definition) is 10. The summed E-state index contributed by atoms with van der Waals surface area (Å²) < 4.78 is 1.86. The predicted octanol–water partition coefficient (Wildman–Crippen LogP) is 1.86. The van der Waals surface area contributed by atoms with Crippen LogP contribution in [0.15, 0.2) is 12.3 Å². The van der Waals surface area contributed by atoms with Crippen LogP contribution < -0.4 is 26.6 Å². The van der Waals surface area contributed by atoms with E-state index in [1.807, 2.05) is 10.9 Å². The molecule has 1 aliphatic heterocycles. The van der Waals surface area contributed by atoms with Crippen LogP contribution in [0.2, 0.25) is 0 Å². The maximum atomic E-state index is 11.2. The second-order valence-corrected chi connectivity index (χ2v) is 10.1. The number of carboxylic acids is 1. The zero-order chi connectivity index (χ0) is 25.9. The molecule has 37 heavy (non-hydrogen) atoms. The van der Waals surface area contributed by atoms with Gasteiger partial charge < -0.3 is 31.7 Å². The van der Waals surface area contributed by atoms with Gasteiger partial charge >= 0.3 is 5.97 Å². The van der Waals surface area contributed by atoms with Crippen LogP contribution in [-0.4, -0.2) is 74.8 Å². The number of aryl methyl sites for hydroxylation is 1. The van der Waals surface area contributed by atoms with Crippen LogP contribution in [0, 0.1) is 5.92 Å². The van der Waals surface area contributed by atoms with Crippen molar-refractivity contribution in [1.29, 1.82) is 0 Å². The molecule has 204 valence electrons. The SMILES string of the molecule is Nc1cc(N2CCC(C(=O)O)CC2)nc(NCc2cn(CCCNCCCNC3CCCCC3)nn2)n1. The zero-order valence-electron chi connectivity index (χ0n) is 21.7. The number of hydrogen-bond donors (Lipinski definition) is 5. The van der Waals surface area contributed by atoms with Crippen molar-refractivity contribution in [2.45, 2.75) is 76.9 Å². The second kappa shape index (κ2) is 14.1. The fourth-order valence-corrected chi connectivity index (χ4v) is 5.06. The summed E-state index contributed by atoms with van der Waals surface area (Å²) in [5.41, 5.74) is 6.80. The topological polar surface area (TPSA) is 159 Å². The maximum Gasteiger partial charge on any atom is 0.306 e. The molecule has 12 nitrogen and oxygen atoms in total. The van der Waals surface area contributed by atoms with E-state index >= 15 is 0 Å². The van der Waals surface area contributed by atoms with E-state index in [1.54, 1.807) is 6.07 Å². The molecule has 0 amide bonds. The van der Waals surface area contributed by atoms with Crippen LogP contribution in [0.5, 0.6) is 0 Å². The van der Waals surface area contributed by atoms with Crippen molar-refractivity contribution < 1.29 is 9.90 Å². The number of aliphatic carboxylic acids is 1. The largest absolute Gasteiger partial charge is 0.481 e. The van der Waals surface area contributed by atoms with Gasteiger partial charge in [-0.2, -0.15) is 9.97 Å². The zero-order valence-corrected chi connectivity index (χ0v) is 21.7. The van der Waals surface area contributed by atoms with Gasteiger partial charge in [0.2, 0.25) is 5.95 Å². The summed E-state index contributed by atoms with van der Waals surface area (Å²) in [5, 5.41) is 28.1. The molecule has 0 spiro atoms. The number of rotatable bonds is 14. The molecule has 2 aromatic rings. The van der Waals surface area contributed by atoms with E-state index in [0.717, 1.165) is 50.8 Å². The van der Waals surface area contributed by atoms with Gasteiger partial charge in [-0.15, -0.1) is 5.10 Å². The van der Waals surface area contributed by atoms with Crippen molar-refractivity contribution in [3.8, 4) is 0 Å². The Bertz CT molecular complexity index is 970. The van der Waals surface area contributed by atoms with E-state index in [1.165, 1.54) is 32.1 Å². The van der Waals surface area contributed by atoms with Gasteiger partial charge in [-0.05, 0) is 58.2 Å². The molecule has 1 saturated heterocycles. The lowest BCUT2D eigenvalue weighted by Gasteiger charge is -2.31. The summed E-state index contributed by atoms with van der Waals surface area (Å²) >= 11 is 0. The molecule has 2 aromatic heterocycles. The van der Waals surface area contributed by atoms with E-state index in [4.69, 9.17) is 5.73 Å². The minimum absolute atomic E-state index is 0.292. The number of nitrogens with two attached hydrogens (primary N) is 1. The average Bonchev–Trinajstić information content (AvgIpc) is 3.37. The predicted molar refractivity (Wildman–Crippen MR) is 143 cm³/mol. The van der Waals surface area contributed by atoms with E-state index in [-0.39, 0.29) is 5.92 Å². The number of carboxylic acid groups (broad SMARTS) is 1. The lowest BCUT2D eigenvalue weighted by atomic mass is 9.95. The summed E-state index contributed by atoms with van der Waals surface area (Å²) in [7, 11) is 0. The van der Waals surface area contributed by atoms with E-state index in [0.29, 0.717) is 50.1 Å². The monoisotopic (exact) mass is 514 g/mol. The highest BCUT2D eigenvalue weighted by molar-refractivity contribution is 5.70. The molecule has 0 bridgehead atoms. The molecule has 2 fully saturated rings. The van der Waals surface area contributed by atoms with Crippen LogP contribution in [0.4, 0.5) is 17.6 Å². The average molecular weight is 515 g/mol. The van der Waals surface area contributed by atoms with Crippen molar-refractivity contribution in [2.75, 3.05) is 48.7 Å². The number of nitrogens with one attached hydrogen (secondary N) is 3. The molecule has 4 rings (SSSR count). The summed E-state index contributed by atoms with van der Waals surface area (Å²) in [5.74, 6) is 0.478. The Hall–Kier alpha value is -2.99. The number of nitrogen functional groups attached to an aromatic ring is 1. The van der Waals surface area contributed by atoms with Crippen LogP contribution in [-0.2, 0) is 17.9 Å². The lowest BCUT2D eigenvalue weighted by Crippen LogP contribution is -2.37. The van der Waals surface area contributed by atoms with Gasteiger partial charge in [0.1, 0.15) is 17.3 Å². The summed E-state index contributed by atoms with van der Waals surface area (Å²) in [4.78, 5) is 22.1. The van der Waals surface area contributed by atoms with Gasteiger partial charge in [-0.3, -0.25) is 9.48 Å². The molecule has 1 saturated carbocycles. The van der Waals surface area contributed by atoms with Crippen molar-refractivity contribution in [3.63, 3.8) is 0 Å². The van der Waals surface area contributed by atoms with Gasteiger partial charge in [-0.1, -0.05) is 24.5 Å². The third-order valence-electron chi connectivity index (χ3n) is 7.22. The normalized spacial score (nSPS) is 17.2. The molecule has 0 radical (unpaired) electrons. The molecule has 0 aromatic carbocycles. The van der Waals surface area contributed by atoms with Crippen molar-refractivity contribution >= 4 is 23.6 Å². The number of carbonyl (C=O) groups is 1. The molecule has 6 N–H and O–H groups in total. The first-order chi connectivity index (χ1) is 18.1. The first kappa shape index (κ1) is 27.1. The van der Waals surface area contributed by atoms with Gasteiger partial charge in [0.25, 0.3) is 0 Å². The standard InChI is InChI=1S/C25H42N10O2/c26-22-16-23(34-14-8-19(9-15-34)24(36)37)31-25(30-22)29-17-21-18-35(33-32-21)13-5-11-27-10-4-12-28-20-6-2-1-3-7-20/h16,18-20,27-28H,1-15,17H2,(H,36,37)(H3,26,29,30,31). The maximum absolute atomic E-state index is 11.2. The summed E-state index contributed by atoms with van der Waals surface area (Å²) in [6.07, 6.45) is 12.1. The van der Waals surface area contributed by atoms with Gasteiger partial charge in [0.05, 0.1) is 18.7 Å². The quantitative estimate of drug-likeness (QED) is 0.234. The highest BCUT2D eigenvalue weighted by Crippen LogP contribution is 2.24. The highest BCUT2D eigenvalue weighted by atomic mass is 16.4. The Balaban J connectivity index is 1.11. The van der Waals surface area contributed by atoms with Crippen molar-refractivity contribution in [2.24, 2.45) is 5.92 Å². The van der Waals surface area contributed by atoms with Gasteiger partial charge in [0.15, 0.2) is 0 Å². The highest BCUT2D eigenvalue weighted by Gasteiger charge is 2.25. The third kappa shape index (κ3) is 8.81. The Labute approximate surface area is 218 Å². The van der Waals surface area contributed by atoms with Crippen LogP contribution in [0.3, 0.4) is 0 Å². The fraction of sp³-hybridized carbons (Fsp3) is 0.720. The van der Waals surface area contributed by atoms with E-state index < -0.39 is 5.97 Å². The number of nitrogens with zero attached hydrogens (tertiary/aromatic N) is 6. The third-order valence-corrected chi connectivity index (χ3v) is 7.22. The molecule has 3 heterocycles. The molecular weight excluding hydrogens is 472 g/mol. The molecule has 2 aliphatic rings.